The average Bonchev–Trinajstić information content (AvgIpc) is 3.17. The molecular weight excluding hydrogens is 316 g/mol. The van der Waals surface area contributed by atoms with E-state index in [1.807, 2.05) is 12.1 Å². The molecule has 3 rings (SSSR count). The Morgan fingerprint density at radius 1 is 1.20 bits per heavy atom. The van der Waals surface area contributed by atoms with E-state index >= 15 is 0 Å². The first-order valence-electron chi connectivity index (χ1n) is 9.04. The van der Waals surface area contributed by atoms with Crippen LogP contribution in [-0.4, -0.2) is 47.8 Å². The lowest BCUT2D eigenvalue weighted by molar-refractivity contribution is -0.131. The minimum atomic E-state index is -1.26. The van der Waals surface area contributed by atoms with E-state index in [9.17, 15) is 14.9 Å². The Balaban J connectivity index is 1.69. The number of anilines is 1. The number of rotatable bonds is 4. The molecule has 2 saturated heterocycles. The number of nitriles is 1. The summed E-state index contributed by atoms with van der Waals surface area (Å²) in [6.45, 7) is 5.46. The van der Waals surface area contributed by atoms with Gasteiger partial charge in [-0.2, -0.15) is 5.26 Å². The quantitative estimate of drug-likeness (QED) is 0.621. The maximum Gasteiger partial charge on any atom is 0.247 e. The topological polar surface area (TPSA) is 77.3 Å². The standard InChI is InChI=1S/C19H24N4O2/c1-14-6-10-22(11-7-14)17-5-4-15(13-21-17)18(24)16(12-20)19(25)23-8-2-3-9-23/h4-5,13-14,16H,2-3,6-11H2,1H3. The molecule has 0 aromatic carbocycles. The van der Waals surface area contributed by atoms with Gasteiger partial charge in [0.05, 0.1) is 6.07 Å². The number of carbonyl (C=O) groups is 2. The Bertz CT molecular complexity index is 666. The Labute approximate surface area is 148 Å². The normalized spacial score (nSPS) is 19.5. The lowest BCUT2D eigenvalue weighted by atomic mass is 9.98. The number of pyridine rings is 1. The summed E-state index contributed by atoms with van der Waals surface area (Å²) in [5, 5.41) is 9.32. The summed E-state index contributed by atoms with van der Waals surface area (Å²) >= 11 is 0. The highest BCUT2D eigenvalue weighted by Gasteiger charge is 2.32. The monoisotopic (exact) mass is 340 g/mol. The van der Waals surface area contributed by atoms with Crippen molar-refractivity contribution in [3.05, 3.63) is 23.9 Å². The van der Waals surface area contributed by atoms with Gasteiger partial charge >= 0.3 is 0 Å². The molecule has 2 aliphatic heterocycles. The molecule has 3 heterocycles. The average molecular weight is 340 g/mol. The van der Waals surface area contributed by atoms with Crippen LogP contribution in [0.15, 0.2) is 18.3 Å². The first-order chi connectivity index (χ1) is 12.1. The molecule has 0 radical (unpaired) electrons. The SMILES string of the molecule is CC1CCN(c2ccc(C(=O)C(C#N)C(=O)N3CCCC3)cn2)CC1. The molecule has 0 aliphatic carbocycles. The predicted octanol–water partition coefficient (Wildman–Crippen LogP) is 2.26. The van der Waals surface area contributed by atoms with E-state index in [4.69, 9.17) is 0 Å². The van der Waals surface area contributed by atoms with E-state index in [1.165, 1.54) is 6.20 Å². The van der Waals surface area contributed by atoms with Crippen LogP contribution in [-0.2, 0) is 4.79 Å². The second-order valence-electron chi connectivity index (χ2n) is 7.03. The van der Waals surface area contributed by atoms with Crippen LogP contribution in [0.1, 0.15) is 43.0 Å². The van der Waals surface area contributed by atoms with Crippen molar-refractivity contribution in [2.45, 2.75) is 32.6 Å². The van der Waals surface area contributed by atoms with Crippen molar-refractivity contribution in [2.24, 2.45) is 11.8 Å². The molecule has 0 bridgehead atoms. The first kappa shape index (κ1) is 17.4. The zero-order valence-corrected chi connectivity index (χ0v) is 14.6. The van der Waals surface area contributed by atoms with Crippen molar-refractivity contribution in [3.8, 4) is 6.07 Å². The smallest absolute Gasteiger partial charge is 0.247 e. The van der Waals surface area contributed by atoms with Gasteiger partial charge in [-0.1, -0.05) is 6.92 Å². The third-order valence-electron chi connectivity index (χ3n) is 5.20. The van der Waals surface area contributed by atoms with E-state index in [-0.39, 0.29) is 5.91 Å². The summed E-state index contributed by atoms with van der Waals surface area (Å²) < 4.78 is 0. The highest BCUT2D eigenvalue weighted by Crippen LogP contribution is 2.22. The highest BCUT2D eigenvalue weighted by atomic mass is 16.2. The molecule has 132 valence electrons. The molecule has 1 aromatic heterocycles. The van der Waals surface area contributed by atoms with Crippen LogP contribution in [0.5, 0.6) is 0 Å². The fourth-order valence-corrected chi connectivity index (χ4v) is 3.47. The van der Waals surface area contributed by atoms with Crippen molar-refractivity contribution in [2.75, 3.05) is 31.1 Å². The summed E-state index contributed by atoms with van der Waals surface area (Å²) in [6.07, 6.45) is 5.65. The van der Waals surface area contributed by atoms with E-state index in [2.05, 4.69) is 16.8 Å². The fraction of sp³-hybridized carbons (Fsp3) is 0.579. The summed E-state index contributed by atoms with van der Waals surface area (Å²) in [4.78, 5) is 33.2. The van der Waals surface area contributed by atoms with Crippen LogP contribution in [0.3, 0.4) is 0 Å². The lowest BCUT2D eigenvalue weighted by Crippen LogP contribution is -2.37. The van der Waals surface area contributed by atoms with Crippen LogP contribution in [0, 0.1) is 23.2 Å². The van der Waals surface area contributed by atoms with Gasteiger partial charge in [-0.15, -0.1) is 0 Å². The van der Waals surface area contributed by atoms with Gasteiger partial charge in [0.15, 0.2) is 11.7 Å². The van der Waals surface area contributed by atoms with Gasteiger partial charge in [-0.05, 0) is 43.7 Å². The minimum Gasteiger partial charge on any atom is -0.357 e. The van der Waals surface area contributed by atoms with Crippen molar-refractivity contribution in [1.29, 1.82) is 5.26 Å². The number of ketones is 1. The Morgan fingerprint density at radius 3 is 2.44 bits per heavy atom. The molecule has 0 spiro atoms. The number of aromatic nitrogens is 1. The highest BCUT2D eigenvalue weighted by molar-refractivity contribution is 6.12. The molecule has 25 heavy (non-hydrogen) atoms. The minimum absolute atomic E-state index is 0.327. The third-order valence-corrected chi connectivity index (χ3v) is 5.20. The number of hydrogen-bond donors (Lipinski definition) is 0. The van der Waals surface area contributed by atoms with Crippen molar-refractivity contribution < 1.29 is 9.59 Å². The second kappa shape index (κ2) is 7.64. The third kappa shape index (κ3) is 3.81. The van der Waals surface area contributed by atoms with Crippen LogP contribution in [0.2, 0.25) is 0 Å². The number of nitrogens with zero attached hydrogens (tertiary/aromatic N) is 4. The molecular formula is C19H24N4O2. The van der Waals surface area contributed by atoms with Crippen LogP contribution >= 0.6 is 0 Å². The maximum atomic E-state index is 12.6. The Hall–Kier alpha value is -2.42. The second-order valence-corrected chi connectivity index (χ2v) is 7.03. The fourth-order valence-electron chi connectivity index (χ4n) is 3.47. The number of Topliss-reactive ketones (excluding diaryl/α,β-unsaturated/α-hetero) is 1. The van der Waals surface area contributed by atoms with Gasteiger partial charge in [0, 0.05) is 37.9 Å². The van der Waals surface area contributed by atoms with Crippen molar-refractivity contribution in [3.63, 3.8) is 0 Å². The van der Waals surface area contributed by atoms with Crippen LogP contribution in [0.4, 0.5) is 5.82 Å². The van der Waals surface area contributed by atoms with Gasteiger partial charge in [0.25, 0.3) is 0 Å². The van der Waals surface area contributed by atoms with E-state index < -0.39 is 11.7 Å². The first-order valence-corrected chi connectivity index (χ1v) is 9.04. The number of carbonyl (C=O) groups excluding carboxylic acids is 2. The molecule has 1 unspecified atom stereocenters. The molecule has 6 nitrogen and oxygen atoms in total. The van der Waals surface area contributed by atoms with Gasteiger partial charge < -0.3 is 9.80 Å². The summed E-state index contributed by atoms with van der Waals surface area (Å²) in [6, 6.07) is 5.38. The maximum absolute atomic E-state index is 12.6. The zero-order chi connectivity index (χ0) is 17.8. The van der Waals surface area contributed by atoms with Gasteiger partial charge in [0.1, 0.15) is 5.82 Å². The number of likely N-dealkylation sites (tertiary alicyclic amines) is 1. The lowest BCUT2D eigenvalue weighted by Gasteiger charge is -2.31. The van der Waals surface area contributed by atoms with Gasteiger partial charge in [-0.3, -0.25) is 9.59 Å². The van der Waals surface area contributed by atoms with E-state index in [0.717, 1.165) is 50.5 Å². The van der Waals surface area contributed by atoms with Gasteiger partial charge in [0.2, 0.25) is 5.91 Å². The number of amides is 1. The van der Waals surface area contributed by atoms with Gasteiger partial charge in [-0.25, -0.2) is 4.98 Å². The molecule has 1 aromatic rings. The molecule has 6 heteroatoms. The Morgan fingerprint density at radius 2 is 1.88 bits per heavy atom. The van der Waals surface area contributed by atoms with Crippen LogP contribution < -0.4 is 4.90 Å². The molecule has 0 N–H and O–H groups in total. The zero-order valence-electron chi connectivity index (χ0n) is 14.6. The van der Waals surface area contributed by atoms with E-state index in [0.29, 0.717) is 18.7 Å². The van der Waals surface area contributed by atoms with E-state index in [1.54, 1.807) is 11.0 Å². The molecule has 2 fully saturated rings. The number of piperidine rings is 1. The van der Waals surface area contributed by atoms with Crippen LogP contribution in [0.25, 0.3) is 0 Å². The summed E-state index contributed by atoms with van der Waals surface area (Å²) in [5.74, 6) is -0.501. The molecule has 2 aliphatic rings. The summed E-state index contributed by atoms with van der Waals surface area (Å²) in [7, 11) is 0. The number of hydrogen-bond acceptors (Lipinski definition) is 5. The Kier molecular flexibility index (Phi) is 5.32. The van der Waals surface area contributed by atoms with Crippen molar-refractivity contribution in [1.82, 2.24) is 9.88 Å². The largest absolute Gasteiger partial charge is 0.357 e. The predicted molar refractivity (Wildman–Crippen MR) is 94.1 cm³/mol. The molecule has 1 amide bonds. The summed E-state index contributed by atoms with van der Waals surface area (Å²) in [5.41, 5.74) is 0.327. The molecule has 0 saturated carbocycles. The molecule has 1 atom stereocenters. The van der Waals surface area contributed by atoms with Crippen molar-refractivity contribution >= 4 is 17.5 Å².